The molecule has 0 aliphatic heterocycles. The lowest BCUT2D eigenvalue weighted by atomic mass is 9.87. The molecule has 5 rings (SSSR count). The van der Waals surface area contributed by atoms with Crippen LogP contribution in [0, 0.1) is 34.5 Å². The van der Waals surface area contributed by atoms with Crippen molar-refractivity contribution in [2.45, 2.75) is 12.4 Å². The highest BCUT2D eigenvalue weighted by atomic mass is 19.4. The van der Waals surface area contributed by atoms with Crippen LogP contribution in [0.3, 0.4) is 0 Å². The lowest BCUT2D eigenvalue weighted by Crippen LogP contribution is -2.26. The third-order valence-corrected chi connectivity index (χ3v) is 6.20. The quantitative estimate of drug-likeness (QED) is 0.164. The van der Waals surface area contributed by atoms with Gasteiger partial charge in [-0.1, -0.05) is 36.4 Å². The van der Waals surface area contributed by atoms with Gasteiger partial charge in [0.1, 0.15) is 34.4 Å². The Labute approximate surface area is 230 Å². The molecule has 1 aromatic heterocycles. The number of aromatic nitrogens is 2. The number of nitrogens with zero attached hydrogens (tertiary/aromatic N) is 6. The minimum absolute atomic E-state index is 0.0775. The zero-order valence-electron chi connectivity index (χ0n) is 20.5. The standard InChI is InChI=1S/C28H10F8N6/c29-19-9-13(5-7-17(19)27(31,32)33)21-22(14-6-8-18(20(30)10-14)28(34,35)36)42-26-24(40-12-38)16-4-2-1-3-15(16)23(39-11-37)25(26)41-21/h1-10H/b39-23-,40-24+. The first-order chi connectivity index (χ1) is 19.8. The first kappa shape index (κ1) is 28.0. The van der Waals surface area contributed by atoms with Gasteiger partial charge in [-0.15, -0.1) is 0 Å². The van der Waals surface area contributed by atoms with E-state index in [0.717, 1.165) is 12.1 Å². The fraction of sp³-hybridized carbons (Fsp3) is 0.0714. The van der Waals surface area contributed by atoms with E-state index in [-0.39, 0.29) is 56.5 Å². The maximum absolute atomic E-state index is 14.6. The molecule has 0 fully saturated rings. The van der Waals surface area contributed by atoms with Gasteiger partial charge in [-0.2, -0.15) is 46.9 Å². The highest BCUT2D eigenvalue weighted by Crippen LogP contribution is 2.39. The van der Waals surface area contributed by atoms with Gasteiger partial charge >= 0.3 is 12.4 Å². The topological polar surface area (TPSA) is 98.1 Å². The van der Waals surface area contributed by atoms with Crippen LogP contribution in [-0.2, 0) is 12.4 Å². The molecular weight excluding hydrogens is 572 g/mol. The second-order valence-corrected chi connectivity index (χ2v) is 8.67. The van der Waals surface area contributed by atoms with Crippen molar-refractivity contribution in [3.63, 3.8) is 0 Å². The Morgan fingerprint density at radius 3 is 1.26 bits per heavy atom. The number of alkyl halides is 6. The van der Waals surface area contributed by atoms with Crippen molar-refractivity contribution in [2.75, 3.05) is 0 Å². The summed E-state index contributed by atoms with van der Waals surface area (Å²) in [6, 6.07) is 9.79. The van der Waals surface area contributed by atoms with E-state index in [1.165, 1.54) is 12.1 Å². The van der Waals surface area contributed by atoms with E-state index < -0.39 is 35.1 Å². The molecule has 14 heteroatoms. The molecule has 0 bridgehead atoms. The van der Waals surface area contributed by atoms with E-state index in [2.05, 4.69) is 20.0 Å². The van der Waals surface area contributed by atoms with Crippen molar-refractivity contribution in [1.82, 2.24) is 9.97 Å². The summed E-state index contributed by atoms with van der Waals surface area (Å²) in [4.78, 5) is 16.4. The number of rotatable bonds is 2. The van der Waals surface area contributed by atoms with Crippen molar-refractivity contribution in [1.29, 1.82) is 10.5 Å². The second kappa shape index (κ2) is 10.2. The Morgan fingerprint density at radius 1 is 0.571 bits per heavy atom. The van der Waals surface area contributed by atoms with Crippen LogP contribution in [0.25, 0.3) is 22.5 Å². The zero-order valence-corrected chi connectivity index (χ0v) is 20.5. The number of aliphatic imine (C=N–C) groups is 2. The van der Waals surface area contributed by atoms with E-state index in [1.807, 2.05) is 0 Å². The van der Waals surface area contributed by atoms with Crippen LogP contribution in [0.15, 0.2) is 70.6 Å². The maximum Gasteiger partial charge on any atom is 0.419 e. The van der Waals surface area contributed by atoms with Crippen molar-refractivity contribution >= 4 is 11.4 Å². The third-order valence-electron chi connectivity index (χ3n) is 6.20. The molecule has 1 heterocycles. The molecule has 1 aliphatic carbocycles. The molecule has 1 aliphatic rings. The highest BCUT2D eigenvalue weighted by molar-refractivity contribution is 6.30. The van der Waals surface area contributed by atoms with Gasteiger partial charge in [0.25, 0.3) is 0 Å². The molecule has 208 valence electrons. The summed E-state index contributed by atoms with van der Waals surface area (Å²) in [7, 11) is 0. The summed E-state index contributed by atoms with van der Waals surface area (Å²) >= 11 is 0. The van der Waals surface area contributed by atoms with Crippen LogP contribution >= 0.6 is 0 Å². The summed E-state index contributed by atoms with van der Waals surface area (Å²) < 4.78 is 109. The molecule has 42 heavy (non-hydrogen) atoms. The first-order valence-electron chi connectivity index (χ1n) is 11.6. The minimum atomic E-state index is -5.04. The highest BCUT2D eigenvalue weighted by Gasteiger charge is 2.37. The SMILES string of the molecule is N#C/N=C1/c2ccccc2/C(=N\C#N)c2nc(-c3ccc(C(F)(F)F)c(F)c3)c(-c3ccc(C(F)(F)F)c(F)c3)nc21. The van der Waals surface area contributed by atoms with Gasteiger partial charge in [0, 0.05) is 22.3 Å². The molecule has 0 N–H and O–H groups in total. The summed E-state index contributed by atoms with van der Waals surface area (Å²) in [5, 5.41) is 18.7. The van der Waals surface area contributed by atoms with Gasteiger partial charge in [-0.3, -0.25) is 0 Å². The molecule has 4 aromatic rings. The average Bonchev–Trinajstić information content (AvgIpc) is 2.92. The van der Waals surface area contributed by atoms with Crippen LogP contribution in [0.4, 0.5) is 35.1 Å². The van der Waals surface area contributed by atoms with Crippen LogP contribution in [0.5, 0.6) is 0 Å². The smallest absolute Gasteiger partial charge is 0.241 e. The normalized spacial score (nSPS) is 14.7. The Balaban J connectivity index is 1.87. The van der Waals surface area contributed by atoms with E-state index in [4.69, 9.17) is 0 Å². The Morgan fingerprint density at radius 2 is 0.952 bits per heavy atom. The fourth-order valence-corrected chi connectivity index (χ4v) is 4.43. The second-order valence-electron chi connectivity index (χ2n) is 8.67. The molecule has 3 aromatic carbocycles. The predicted octanol–water partition coefficient (Wildman–Crippen LogP) is 7.08. The largest absolute Gasteiger partial charge is 0.419 e. The number of nitriles is 2. The Bertz CT molecular complexity index is 1770. The third kappa shape index (κ3) is 4.83. The van der Waals surface area contributed by atoms with E-state index in [1.54, 1.807) is 24.5 Å². The Hall–Kier alpha value is -5.50. The fourth-order valence-electron chi connectivity index (χ4n) is 4.43. The van der Waals surface area contributed by atoms with Crippen molar-refractivity contribution < 1.29 is 35.1 Å². The molecule has 0 saturated heterocycles. The van der Waals surface area contributed by atoms with Crippen molar-refractivity contribution in [3.05, 3.63) is 106 Å². The van der Waals surface area contributed by atoms with Crippen LogP contribution in [0.1, 0.15) is 33.6 Å². The molecule has 6 nitrogen and oxygen atoms in total. The molecule has 0 unspecified atom stereocenters. The van der Waals surface area contributed by atoms with Crippen LogP contribution in [0.2, 0.25) is 0 Å². The van der Waals surface area contributed by atoms with E-state index in [0.29, 0.717) is 24.3 Å². The molecule has 0 radical (unpaired) electrons. The predicted molar refractivity (Wildman–Crippen MR) is 132 cm³/mol. The average molecular weight is 582 g/mol. The number of halogens is 8. The summed E-state index contributed by atoms with van der Waals surface area (Å²) in [6.07, 6.45) is -6.86. The molecule has 0 spiro atoms. The first-order valence-corrected chi connectivity index (χ1v) is 11.6. The van der Waals surface area contributed by atoms with Crippen molar-refractivity contribution in [2.24, 2.45) is 9.98 Å². The van der Waals surface area contributed by atoms with Gasteiger partial charge in [0.2, 0.25) is 12.4 Å². The number of benzene rings is 3. The summed E-state index contributed by atoms with van der Waals surface area (Å²) in [5.74, 6) is -3.38. The number of fused-ring (bicyclic) bond motifs is 2. The van der Waals surface area contributed by atoms with Gasteiger partial charge in [0.05, 0.1) is 22.5 Å². The maximum atomic E-state index is 14.6. The number of hydrogen-bond donors (Lipinski definition) is 0. The van der Waals surface area contributed by atoms with E-state index in [9.17, 15) is 45.6 Å². The summed E-state index contributed by atoms with van der Waals surface area (Å²) in [5.41, 5.74) is -4.50. The molecule has 0 atom stereocenters. The van der Waals surface area contributed by atoms with Crippen LogP contribution < -0.4 is 0 Å². The van der Waals surface area contributed by atoms with Gasteiger partial charge in [-0.05, 0) is 24.3 Å². The van der Waals surface area contributed by atoms with Crippen LogP contribution in [-0.4, -0.2) is 21.4 Å². The number of hydrogen-bond acceptors (Lipinski definition) is 6. The lowest BCUT2D eigenvalue weighted by Gasteiger charge is -2.23. The van der Waals surface area contributed by atoms with Gasteiger partial charge in [-0.25, -0.2) is 18.7 Å². The van der Waals surface area contributed by atoms with Gasteiger partial charge < -0.3 is 0 Å². The molecule has 0 saturated carbocycles. The molecule has 0 amide bonds. The zero-order chi connectivity index (χ0) is 30.4. The monoisotopic (exact) mass is 582 g/mol. The molecular formula is C28H10F8N6. The van der Waals surface area contributed by atoms with Crippen molar-refractivity contribution in [3.8, 4) is 34.9 Å². The van der Waals surface area contributed by atoms with E-state index >= 15 is 0 Å². The Kier molecular flexibility index (Phi) is 6.78. The van der Waals surface area contributed by atoms with Gasteiger partial charge in [0.15, 0.2) is 0 Å². The lowest BCUT2D eigenvalue weighted by molar-refractivity contribution is -0.140. The minimum Gasteiger partial charge on any atom is -0.241 e. The summed E-state index contributed by atoms with van der Waals surface area (Å²) in [6.45, 7) is 0.